The van der Waals surface area contributed by atoms with E-state index in [1.54, 1.807) is 6.92 Å². The largest absolute Gasteiger partial charge is 0.462 e. The zero-order valence-corrected chi connectivity index (χ0v) is 10.6. The lowest BCUT2D eigenvalue weighted by atomic mass is 10.2. The van der Waals surface area contributed by atoms with Crippen LogP contribution in [0.5, 0.6) is 0 Å². The number of esters is 1. The topological polar surface area (TPSA) is 62.7 Å². The van der Waals surface area contributed by atoms with Gasteiger partial charge >= 0.3 is 5.97 Å². The third-order valence-electron chi connectivity index (χ3n) is 2.31. The highest BCUT2D eigenvalue weighted by atomic mass is 19.3. The third-order valence-corrected chi connectivity index (χ3v) is 2.31. The van der Waals surface area contributed by atoms with Gasteiger partial charge in [-0.05, 0) is 19.1 Å². The average Bonchev–Trinajstić information content (AvgIpc) is 2.38. The van der Waals surface area contributed by atoms with Crippen LogP contribution in [-0.2, 0) is 4.74 Å². The molecule has 0 saturated carbocycles. The van der Waals surface area contributed by atoms with Crippen molar-refractivity contribution in [1.29, 1.82) is 0 Å². The van der Waals surface area contributed by atoms with Crippen molar-refractivity contribution in [2.45, 2.75) is 13.3 Å². The summed E-state index contributed by atoms with van der Waals surface area (Å²) in [7, 11) is 0. The first-order chi connectivity index (χ1) is 9.10. The molecule has 0 radical (unpaired) electrons. The molecule has 0 unspecified atom stereocenters. The number of aliphatic hydroxyl groups excluding tert-OH is 1. The van der Waals surface area contributed by atoms with Gasteiger partial charge in [-0.3, -0.25) is 0 Å². The van der Waals surface area contributed by atoms with Crippen molar-refractivity contribution in [2.75, 3.05) is 31.2 Å². The number of rotatable bonds is 7. The van der Waals surface area contributed by atoms with E-state index in [-0.39, 0.29) is 31.1 Å². The van der Waals surface area contributed by atoms with E-state index in [1.165, 1.54) is 18.3 Å². The Balaban J connectivity index is 3.04. The van der Waals surface area contributed by atoms with Gasteiger partial charge in [0.05, 0.1) is 19.8 Å². The molecule has 0 fully saturated rings. The maximum absolute atomic E-state index is 12.5. The number of pyridine rings is 1. The van der Waals surface area contributed by atoms with Crippen molar-refractivity contribution < 1.29 is 23.4 Å². The van der Waals surface area contributed by atoms with Gasteiger partial charge in [-0.1, -0.05) is 0 Å². The van der Waals surface area contributed by atoms with Crippen LogP contribution in [0.3, 0.4) is 0 Å². The van der Waals surface area contributed by atoms with Gasteiger partial charge in [-0.25, -0.2) is 18.6 Å². The fourth-order valence-corrected chi connectivity index (χ4v) is 1.59. The van der Waals surface area contributed by atoms with E-state index >= 15 is 0 Å². The van der Waals surface area contributed by atoms with Crippen LogP contribution in [-0.4, -0.2) is 48.8 Å². The molecule has 0 atom stereocenters. The summed E-state index contributed by atoms with van der Waals surface area (Å²) in [6.45, 7) is 0.879. The maximum Gasteiger partial charge on any atom is 0.341 e. The zero-order valence-electron chi connectivity index (χ0n) is 10.6. The Morgan fingerprint density at radius 3 is 2.89 bits per heavy atom. The monoisotopic (exact) mass is 274 g/mol. The smallest absolute Gasteiger partial charge is 0.341 e. The van der Waals surface area contributed by atoms with Crippen LogP contribution >= 0.6 is 0 Å². The normalized spacial score (nSPS) is 10.6. The summed E-state index contributed by atoms with van der Waals surface area (Å²) in [5, 5.41) is 8.91. The predicted octanol–water partition coefficient (Wildman–Crippen LogP) is 1.32. The molecule has 1 rings (SSSR count). The second-order valence-corrected chi connectivity index (χ2v) is 3.66. The number of anilines is 1. The number of aliphatic hydroxyl groups is 1. The van der Waals surface area contributed by atoms with Crippen LogP contribution in [0, 0.1) is 0 Å². The lowest BCUT2D eigenvalue weighted by molar-refractivity contribution is 0.0526. The molecule has 0 aromatic carbocycles. The number of hydrogen-bond acceptors (Lipinski definition) is 5. The van der Waals surface area contributed by atoms with E-state index in [9.17, 15) is 13.6 Å². The first-order valence-electron chi connectivity index (χ1n) is 5.86. The molecule has 1 heterocycles. The van der Waals surface area contributed by atoms with E-state index in [0.717, 1.165) is 4.90 Å². The van der Waals surface area contributed by atoms with Crippen molar-refractivity contribution in [2.24, 2.45) is 0 Å². The molecule has 0 aliphatic carbocycles. The van der Waals surface area contributed by atoms with Crippen LogP contribution in [0.15, 0.2) is 18.3 Å². The summed E-state index contributed by atoms with van der Waals surface area (Å²) in [6.07, 6.45) is -1.20. The molecule has 7 heteroatoms. The number of hydrogen-bond donors (Lipinski definition) is 1. The van der Waals surface area contributed by atoms with Crippen LogP contribution in [0.25, 0.3) is 0 Å². The number of carbonyl (C=O) groups is 1. The van der Waals surface area contributed by atoms with Crippen molar-refractivity contribution in [3.05, 3.63) is 23.9 Å². The zero-order chi connectivity index (χ0) is 14.3. The number of ether oxygens (including phenoxy) is 1. The highest BCUT2D eigenvalue weighted by molar-refractivity contribution is 5.94. The molecule has 5 nitrogen and oxygen atoms in total. The summed E-state index contributed by atoms with van der Waals surface area (Å²) in [4.78, 5) is 16.8. The second-order valence-electron chi connectivity index (χ2n) is 3.66. The van der Waals surface area contributed by atoms with Gasteiger partial charge in [0.1, 0.15) is 11.4 Å². The number of carbonyl (C=O) groups excluding carboxylic acids is 1. The van der Waals surface area contributed by atoms with Crippen molar-refractivity contribution in [3.8, 4) is 0 Å². The minimum atomic E-state index is -2.59. The Labute approximate surface area is 109 Å². The van der Waals surface area contributed by atoms with E-state index in [4.69, 9.17) is 9.84 Å². The number of nitrogens with zero attached hydrogens (tertiary/aromatic N) is 2. The molecule has 0 spiro atoms. The maximum atomic E-state index is 12.5. The molecule has 1 aromatic rings. The van der Waals surface area contributed by atoms with Crippen molar-refractivity contribution in [3.63, 3.8) is 0 Å². The molecule has 1 aromatic heterocycles. The Hall–Kier alpha value is -1.76. The van der Waals surface area contributed by atoms with E-state index < -0.39 is 18.9 Å². The third kappa shape index (κ3) is 4.44. The Kier molecular flexibility index (Phi) is 6.14. The van der Waals surface area contributed by atoms with Crippen LogP contribution in [0.2, 0.25) is 0 Å². The fraction of sp³-hybridized carbons (Fsp3) is 0.500. The summed E-state index contributed by atoms with van der Waals surface area (Å²) < 4.78 is 29.9. The van der Waals surface area contributed by atoms with Gasteiger partial charge in [0.25, 0.3) is 6.43 Å². The second kappa shape index (κ2) is 7.63. The first-order valence-corrected chi connectivity index (χ1v) is 5.86. The molecule has 19 heavy (non-hydrogen) atoms. The SMILES string of the molecule is CCOC(=O)c1cccnc1N(CCO)CC(F)F. The van der Waals surface area contributed by atoms with Crippen LogP contribution in [0.4, 0.5) is 14.6 Å². The highest BCUT2D eigenvalue weighted by Gasteiger charge is 2.20. The summed E-state index contributed by atoms with van der Waals surface area (Å²) in [5.41, 5.74) is 0.110. The lowest BCUT2D eigenvalue weighted by Crippen LogP contribution is -2.33. The summed E-state index contributed by atoms with van der Waals surface area (Å²) in [5.74, 6) is -0.530. The van der Waals surface area contributed by atoms with E-state index in [1.807, 2.05) is 0 Å². The highest BCUT2D eigenvalue weighted by Crippen LogP contribution is 2.19. The van der Waals surface area contributed by atoms with Gasteiger partial charge < -0.3 is 14.7 Å². The molecule has 0 bridgehead atoms. The van der Waals surface area contributed by atoms with Crippen molar-refractivity contribution in [1.82, 2.24) is 4.98 Å². The number of halogens is 2. The molecule has 106 valence electrons. The quantitative estimate of drug-likeness (QED) is 0.760. The minimum absolute atomic E-state index is 0.0340. The standard InChI is InChI=1S/C12H16F2N2O3/c1-2-19-12(18)9-4-3-5-15-11(9)16(6-7-17)8-10(13)14/h3-5,10,17H,2,6-8H2,1H3. The molecular weight excluding hydrogens is 258 g/mol. The van der Waals surface area contributed by atoms with Gasteiger partial charge in [0.2, 0.25) is 0 Å². The van der Waals surface area contributed by atoms with E-state index in [2.05, 4.69) is 4.98 Å². The lowest BCUT2D eigenvalue weighted by Gasteiger charge is -2.23. The van der Waals surface area contributed by atoms with Crippen LogP contribution in [0.1, 0.15) is 17.3 Å². The average molecular weight is 274 g/mol. The molecule has 0 aliphatic heterocycles. The molecular formula is C12H16F2N2O3. The van der Waals surface area contributed by atoms with E-state index in [0.29, 0.717) is 0 Å². The molecule has 0 amide bonds. The van der Waals surface area contributed by atoms with Gasteiger partial charge in [0.15, 0.2) is 0 Å². The molecule has 0 saturated heterocycles. The fourth-order valence-electron chi connectivity index (χ4n) is 1.59. The Morgan fingerprint density at radius 1 is 1.58 bits per heavy atom. The predicted molar refractivity (Wildman–Crippen MR) is 65.5 cm³/mol. The van der Waals surface area contributed by atoms with Gasteiger partial charge in [0, 0.05) is 12.7 Å². The molecule has 0 aliphatic rings. The van der Waals surface area contributed by atoms with Crippen LogP contribution < -0.4 is 4.90 Å². The summed E-state index contributed by atoms with van der Waals surface area (Å²) >= 11 is 0. The summed E-state index contributed by atoms with van der Waals surface area (Å²) in [6, 6.07) is 2.98. The van der Waals surface area contributed by atoms with Crippen molar-refractivity contribution >= 4 is 11.8 Å². The number of alkyl halides is 2. The Bertz CT molecular complexity index is 416. The van der Waals surface area contributed by atoms with Gasteiger partial charge in [-0.2, -0.15) is 0 Å². The van der Waals surface area contributed by atoms with Gasteiger partial charge in [-0.15, -0.1) is 0 Å². The number of aromatic nitrogens is 1. The molecule has 1 N–H and O–H groups in total. The Morgan fingerprint density at radius 2 is 2.32 bits per heavy atom. The first kappa shape index (κ1) is 15.3. The minimum Gasteiger partial charge on any atom is -0.462 e.